The second-order valence-electron chi connectivity index (χ2n) is 2.87. The Labute approximate surface area is 81.3 Å². The van der Waals surface area contributed by atoms with Gasteiger partial charge in [-0.2, -0.15) is 0 Å². The van der Waals surface area contributed by atoms with Gasteiger partial charge in [0, 0.05) is 10.7 Å². The van der Waals surface area contributed by atoms with Crippen LogP contribution in [0.15, 0.2) is 30.5 Å². The average Bonchev–Trinajstić information content (AvgIpc) is 2.33. The van der Waals surface area contributed by atoms with Gasteiger partial charge in [0.2, 0.25) is 0 Å². The molecule has 0 aliphatic heterocycles. The molecule has 2 heteroatoms. The van der Waals surface area contributed by atoms with Crippen LogP contribution in [-0.2, 0) is 0 Å². The van der Waals surface area contributed by atoms with Crippen molar-refractivity contribution in [2.24, 2.45) is 0 Å². The van der Waals surface area contributed by atoms with Gasteiger partial charge in [0.1, 0.15) is 0 Å². The van der Waals surface area contributed by atoms with E-state index in [9.17, 15) is 0 Å². The van der Waals surface area contributed by atoms with Crippen molar-refractivity contribution in [1.82, 2.24) is 4.98 Å². The summed E-state index contributed by atoms with van der Waals surface area (Å²) in [6, 6.07) is 2.04. The number of aryl methyl sites for hydroxylation is 1. The Morgan fingerprint density at radius 1 is 1.67 bits per heavy atom. The lowest BCUT2D eigenvalue weighted by Crippen LogP contribution is -1.79. The Hall–Kier alpha value is -0.760. The molecule has 0 saturated heterocycles. The molecule has 64 valence electrons. The third kappa shape index (κ3) is 2.11. The van der Waals surface area contributed by atoms with Gasteiger partial charge in [-0.15, -0.1) is 0 Å². The smallest absolute Gasteiger partial charge is 0.0554 e. The summed E-state index contributed by atoms with van der Waals surface area (Å²) in [7, 11) is 0. The third-order valence-corrected chi connectivity index (χ3v) is 2.19. The summed E-state index contributed by atoms with van der Waals surface area (Å²) in [4.78, 5) is 3.15. The van der Waals surface area contributed by atoms with Crippen LogP contribution >= 0.6 is 15.9 Å². The third-order valence-electron chi connectivity index (χ3n) is 1.57. The van der Waals surface area contributed by atoms with E-state index in [4.69, 9.17) is 0 Å². The van der Waals surface area contributed by atoms with E-state index in [1.165, 1.54) is 5.56 Å². The highest BCUT2D eigenvalue weighted by Gasteiger charge is 2.01. The molecular formula is C10H12BrN. The standard InChI is InChI=1S/C10H12BrN/c1-7(2)6-9(11)10-8(3)4-5-12-10/h4-6,12H,1H2,2-3H3/b9-6+. The number of hydrogen-bond acceptors (Lipinski definition) is 0. The summed E-state index contributed by atoms with van der Waals surface area (Å²) >= 11 is 3.49. The maximum Gasteiger partial charge on any atom is 0.0554 e. The molecule has 1 N–H and O–H groups in total. The predicted octanol–water partition coefficient (Wildman–Crippen LogP) is 3.64. The number of rotatable bonds is 2. The van der Waals surface area contributed by atoms with Crippen LogP contribution in [-0.4, -0.2) is 4.98 Å². The van der Waals surface area contributed by atoms with Gasteiger partial charge in [-0.3, -0.25) is 0 Å². The SMILES string of the molecule is C=C(C)/C=C(/Br)c1[nH]ccc1C. The average molecular weight is 226 g/mol. The Balaban J connectivity index is 2.99. The molecule has 0 fully saturated rings. The molecule has 0 atom stereocenters. The van der Waals surface area contributed by atoms with Crippen LogP contribution in [0.5, 0.6) is 0 Å². The first-order valence-electron chi connectivity index (χ1n) is 3.78. The van der Waals surface area contributed by atoms with Gasteiger partial charge in [0.25, 0.3) is 0 Å². The van der Waals surface area contributed by atoms with Gasteiger partial charge >= 0.3 is 0 Å². The number of aromatic nitrogens is 1. The minimum atomic E-state index is 1.04. The van der Waals surface area contributed by atoms with Gasteiger partial charge in [0.15, 0.2) is 0 Å². The van der Waals surface area contributed by atoms with E-state index in [1.807, 2.05) is 25.3 Å². The van der Waals surface area contributed by atoms with Crippen LogP contribution in [0.25, 0.3) is 4.48 Å². The molecule has 0 radical (unpaired) electrons. The largest absolute Gasteiger partial charge is 0.361 e. The number of H-pyrrole nitrogens is 1. The predicted molar refractivity (Wildman–Crippen MR) is 57.2 cm³/mol. The molecule has 1 nitrogen and oxygen atoms in total. The van der Waals surface area contributed by atoms with Crippen LogP contribution in [0.4, 0.5) is 0 Å². The number of allylic oxidation sites excluding steroid dienone is 2. The molecule has 1 rings (SSSR count). The highest BCUT2D eigenvalue weighted by Crippen LogP contribution is 2.23. The van der Waals surface area contributed by atoms with Gasteiger partial charge in [0.05, 0.1) is 5.69 Å². The number of nitrogens with one attached hydrogen (secondary N) is 1. The normalized spacial score (nSPS) is 11.8. The molecule has 0 unspecified atom stereocenters. The van der Waals surface area contributed by atoms with Crippen LogP contribution < -0.4 is 0 Å². The summed E-state index contributed by atoms with van der Waals surface area (Å²) in [5, 5.41) is 0. The first-order chi connectivity index (χ1) is 5.61. The molecule has 1 heterocycles. The van der Waals surface area contributed by atoms with E-state index in [1.54, 1.807) is 0 Å². The zero-order valence-electron chi connectivity index (χ0n) is 7.32. The Bertz CT molecular complexity index is 320. The van der Waals surface area contributed by atoms with Crippen LogP contribution in [0.1, 0.15) is 18.2 Å². The topological polar surface area (TPSA) is 15.8 Å². The lowest BCUT2D eigenvalue weighted by Gasteiger charge is -1.97. The zero-order chi connectivity index (χ0) is 9.14. The fourth-order valence-electron chi connectivity index (χ4n) is 0.993. The lowest BCUT2D eigenvalue weighted by molar-refractivity contribution is 1.34. The molecule has 0 saturated carbocycles. The van der Waals surface area contributed by atoms with Crippen molar-refractivity contribution in [3.05, 3.63) is 41.7 Å². The molecule has 0 amide bonds. The maximum absolute atomic E-state index is 3.81. The van der Waals surface area contributed by atoms with E-state index < -0.39 is 0 Å². The van der Waals surface area contributed by atoms with E-state index in [-0.39, 0.29) is 0 Å². The molecule has 0 aromatic carbocycles. The summed E-state index contributed by atoms with van der Waals surface area (Å²) in [6.07, 6.45) is 3.93. The van der Waals surface area contributed by atoms with E-state index >= 15 is 0 Å². The highest BCUT2D eigenvalue weighted by molar-refractivity contribution is 9.15. The Morgan fingerprint density at radius 3 is 2.75 bits per heavy atom. The second-order valence-corrected chi connectivity index (χ2v) is 3.73. The number of halogens is 1. The van der Waals surface area contributed by atoms with Crippen molar-refractivity contribution >= 4 is 20.4 Å². The highest BCUT2D eigenvalue weighted by atomic mass is 79.9. The van der Waals surface area contributed by atoms with Crippen molar-refractivity contribution in [3.8, 4) is 0 Å². The first-order valence-corrected chi connectivity index (χ1v) is 4.57. The van der Waals surface area contributed by atoms with Gasteiger partial charge in [-0.25, -0.2) is 0 Å². The quantitative estimate of drug-likeness (QED) is 0.741. The van der Waals surface area contributed by atoms with Crippen LogP contribution in [0.3, 0.4) is 0 Å². The monoisotopic (exact) mass is 225 g/mol. The zero-order valence-corrected chi connectivity index (χ0v) is 8.90. The number of aromatic amines is 1. The summed E-state index contributed by atoms with van der Waals surface area (Å²) < 4.78 is 1.05. The van der Waals surface area contributed by atoms with Crippen molar-refractivity contribution in [2.45, 2.75) is 13.8 Å². The van der Waals surface area contributed by atoms with Gasteiger partial charge < -0.3 is 4.98 Å². The second kappa shape index (κ2) is 3.76. The Kier molecular flexibility index (Phi) is 2.93. The molecule has 1 aromatic heterocycles. The minimum absolute atomic E-state index is 1.04. The van der Waals surface area contributed by atoms with Crippen molar-refractivity contribution in [1.29, 1.82) is 0 Å². The number of hydrogen-bond donors (Lipinski definition) is 1. The fourth-order valence-corrected chi connectivity index (χ4v) is 1.81. The summed E-state index contributed by atoms with van der Waals surface area (Å²) in [6.45, 7) is 7.85. The molecule has 0 spiro atoms. The molecular weight excluding hydrogens is 214 g/mol. The summed E-state index contributed by atoms with van der Waals surface area (Å²) in [5.74, 6) is 0. The molecule has 0 bridgehead atoms. The van der Waals surface area contributed by atoms with Crippen molar-refractivity contribution < 1.29 is 0 Å². The van der Waals surface area contributed by atoms with E-state index in [0.29, 0.717) is 0 Å². The van der Waals surface area contributed by atoms with Gasteiger partial charge in [-0.1, -0.05) is 12.2 Å². The first kappa shape index (κ1) is 9.33. The molecule has 0 aliphatic rings. The molecule has 0 aliphatic carbocycles. The van der Waals surface area contributed by atoms with Gasteiger partial charge in [-0.05, 0) is 47.5 Å². The van der Waals surface area contributed by atoms with E-state index in [0.717, 1.165) is 15.7 Å². The van der Waals surface area contributed by atoms with Crippen LogP contribution in [0.2, 0.25) is 0 Å². The van der Waals surface area contributed by atoms with E-state index in [2.05, 4.69) is 34.4 Å². The lowest BCUT2D eigenvalue weighted by atomic mass is 10.2. The van der Waals surface area contributed by atoms with Crippen molar-refractivity contribution in [3.63, 3.8) is 0 Å². The maximum atomic E-state index is 3.81. The van der Waals surface area contributed by atoms with Crippen LogP contribution in [0, 0.1) is 6.92 Å². The fraction of sp³-hybridized carbons (Fsp3) is 0.200. The Morgan fingerprint density at radius 2 is 2.33 bits per heavy atom. The molecule has 1 aromatic rings. The molecule has 12 heavy (non-hydrogen) atoms. The minimum Gasteiger partial charge on any atom is -0.361 e. The van der Waals surface area contributed by atoms with Crippen molar-refractivity contribution in [2.75, 3.05) is 0 Å². The summed E-state index contributed by atoms with van der Waals surface area (Å²) in [5.41, 5.74) is 3.40.